The molecule has 0 heterocycles. The summed E-state index contributed by atoms with van der Waals surface area (Å²) in [6.45, 7) is 0.0740. The summed E-state index contributed by atoms with van der Waals surface area (Å²) in [6.07, 6.45) is 35.6. The van der Waals surface area contributed by atoms with Crippen LogP contribution in [0.25, 0.3) is 0 Å². The van der Waals surface area contributed by atoms with Crippen LogP contribution < -0.4 is 0 Å². The van der Waals surface area contributed by atoms with Gasteiger partial charge >= 0.3 is 0 Å². The molecule has 1 saturated carbocycles. The van der Waals surface area contributed by atoms with Crippen molar-refractivity contribution in [2.45, 2.75) is 173 Å². The Kier molecular flexibility index (Phi) is 22.8. The molecule has 0 aliphatic heterocycles. The lowest BCUT2D eigenvalue weighted by Crippen LogP contribution is -2.40. The molecule has 3 nitrogen and oxygen atoms in total. The molecule has 3 heteroatoms. The van der Waals surface area contributed by atoms with Gasteiger partial charge in [-0.05, 0) is 18.8 Å². The van der Waals surface area contributed by atoms with Crippen LogP contribution in [0.4, 0.5) is 0 Å². The SMILES string of the molecule is OCC1CCCCCCCCCCCCCCCCCCCCCCCCCCCC1(CO)CO. The summed E-state index contributed by atoms with van der Waals surface area (Å²) in [5.41, 5.74) is -0.504. The quantitative estimate of drug-likeness (QED) is 0.365. The van der Waals surface area contributed by atoms with E-state index in [-0.39, 0.29) is 25.7 Å². The molecule has 35 heavy (non-hydrogen) atoms. The third-order valence-corrected chi connectivity index (χ3v) is 8.94. The van der Waals surface area contributed by atoms with Gasteiger partial charge in [-0.15, -0.1) is 0 Å². The van der Waals surface area contributed by atoms with Crippen molar-refractivity contribution in [2.24, 2.45) is 11.3 Å². The standard InChI is InChI=1S/C32H64O3/c33-28-31-26-24-22-20-18-16-14-12-10-8-6-4-2-1-3-5-7-9-11-13-15-17-19-21-23-25-27-32(31,29-34)30-35/h31,33-35H,1-30H2. The highest BCUT2D eigenvalue weighted by atomic mass is 16.3. The molecule has 0 radical (unpaired) electrons. The number of aliphatic hydroxyl groups is 3. The molecule has 0 amide bonds. The largest absolute Gasteiger partial charge is 0.396 e. The topological polar surface area (TPSA) is 60.7 Å². The lowest BCUT2D eigenvalue weighted by Gasteiger charge is -2.37. The summed E-state index contributed by atoms with van der Waals surface area (Å²) in [5.74, 6) is 0.0218. The second-order valence-electron chi connectivity index (χ2n) is 11.9. The van der Waals surface area contributed by atoms with Crippen molar-refractivity contribution in [3.63, 3.8) is 0 Å². The van der Waals surface area contributed by atoms with Gasteiger partial charge in [0.2, 0.25) is 0 Å². The minimum Gasteiger partial charge on any atom is -0.396 e. The van der Waals surface area contributed by atoms with E-state index < -0.39 is 5.41 Å². The molecule has 0 aromatic heterocycles. The maximum Gasteiger partial charge on any atom is 0.0512 e. The zero-order valence-corrected chi connectivity index (χ0v) is 23.6. The second kappa shape index (κ2) is 24.2. The van der Waals surface area contributed by atoms with Crippen LogP contribution in [-0.4, -0.2) is 35.1 Å². The Bertz CT molecular complexity index is 421. The van der Waals surface area contributed by atoms with Gasteiger partial charge in [0.25, 0.3) is 0 Å². The number of hydrogen-bond donors (Lipinski definition) is 3. The van der Waals surface area contributed by atoms with Gasteiger partial charge < -0.3 is 15.3 Å². The van der Waals surface area contributed by atoms with Crippen LogP contribution >= 0.6 is 0 Å². The van der Waals surface area contributed by atoms with E-state index in [0.717, 1.165) is 25.7 Å². The van der Waals surface area contributed by atoms with Gasteiger partial charge in [0.1, 0.15) is 0 Å². The van der Waals surface area contributed by atoms with E-state index in [1.54, 1.807) is 0 Å². The highest BCUT2D eigenvalue weighted by Crippen LogP contribution is 2.36. The molecule has 1 aliphatic rings. The fourth-order valence-corrected chi connectivity index (χ4v) is 6.20. The molecular weight excluding hydrogens is 432 g/mol. The Balaban J connectivity index is 2.37. The molecule has 1 fully saturated rings. The molecule has 0 saturated heterocycles. The second-order valence-corrected chi connectivity index (χ2v) is 11.9. The van der Waals surface area contributed by atoms with Gasteiger partial charge in [-0.3, -0.25) is 0 Å². The Morgan fingerprint density at radius 1 is 0.371 bits per heavy atom. The minimum atomic E-state index is -0.504. The zero-order chi connectivity index (χ0) is 25.3. The predicted molar refractivity (Wildman–Crippen MR) is 152 cm³/mol. The van der Waals surface area contributed by atoms with Crippen molar-refractivity contribution in [3.8, 4) is 0 Å². The summed E-state index contributed by atoms with van der Waals surface area (Å²) in [5, 5.41) is 30.4. The van der Waals surface area contributed by atoms with Gasteiger partial charge in [0.05, 0.1) is 13.2 Å². The van der Waals surface area contributed by atoms with E-state index in [2.05, 4.69) is 0 Å². The van der Waals surface area contributed by atoms with Crippen LogP contribution in [0, 0.1) is 11.3 Å². The van der Waals surface area contributed by atoms with Gasteiger partial charge in [-0.2, -0.15) is 0 Å². The predicted octanol–water partition coefficient (Wildman–Crippen LogP) is 9.11. The van der Waals surface area contributed by atoms with Crippen molar-refractivity contribution >= 4 is 0 Å². The van der Waals surface area contributed by atoms with Crippen molar-refractivity contribution in [1.29, 1.82) is 0 Å². The first kappa shape index (κ1) is 32.9. The van der Waals surface area contributed by atoms with E-state index in [9.17, 15) is 15.3 Å². The first-order valence-electron chi connectivity index (χ1n) is 16.1. The van der Waals surface area contributed by atoms with E-state index in [1.807, 2.05) is 0 Å². The fraction of sp³-hybridized carbons (Fsp3) is 1.00. The first-order chi connectivity index (χ1) is 17.3. The Morgan fingerprint density at radius 2 is 0.629 bits per heavy atom. The zero-order valence-electron chi connectivity index (χ0n) is 23.6. The van der Waals surface area contributed by atoms with Gasteiger partial charge in [0, 0.05) is 12.0 Å². The van der Waals surface area contributed by atoms with E-state index in [0.29, 0.717) is 0 Å². The molecule has 1 unspecified atom stereocenters. The lowest BCUT2D eigenvalue weighted by atomic mass is 9.71. The van der Waals surface area contributed by atoms with Crippen LogP contribution in [0.3, 0.4) is 0 Å². The summed E-state index contributed by atoms with van der Waals surface area (Å²) in [7, 11) is 0. The van der Waals surface area contributed by atoms with Crippen molar-refractivity contribution in [1.82, 2.24) is 0 Å². The molecule has 0 bridgehead atoms. The van der Waals surface area contributed by atoms with Gasteiger partial charge in [0.15, 0.2) is 0 Å². The monoisotopic (exact) mass is 496 g/mol. The van der Waals surface area contributed by atoms with Gasteiger partial charge in [-0.1, -0.05) is 161 Å². The highest BCUT2D eigenvalue weighted by molar-refractivity contribution is 4.85. The van der Waals surface area contributed by atoms with E-state index >= 15 is 0 Å². The third-order valence-electron chi connectivity index (χ3n) is 8.94. The normalized spacial score (nSPS) is 25.6. The molecular formula is C32H64O3. The van der Waals surface area contributed by atoms with E-state index in [4.69, 9.17) is 0 Å². The van der Waals surface area contributed by atoms with Crippen LogP contribution in [0.5, 0.6) is 0 Å². The molecule has 3 N–H and O–H groups in total. The third kappa shape index (κ3) is 17.1. The van der Waals surface area contributed by atoms with Crippen molar-refractivity contribution < 1.29 is 15.3 Å². The Morgan fingerprint density at radius 3 is 0.886 bits per heavy atom. The molecule has 0 spiro atoms. The number of aliphatic hydroxyl groups excluding tert-OH is 3. The van der Waals surface area contributed by atoms with Crippen molar-refractivity contribution in [2.75, 3.05) is 19.8 Å². The molecule has 0 aromatic rings. The highest BCUT2D eigenvalue weighted by Gasteiger charge is 2.36. The van der Waals surface area contributed by atoms with Crippen molar-refractivity contribution in [3.05, 3.63) is 0 Å². The first-order valence-corrected chi connectivity index (χ1v) is 16.1. The van der Waals surface area contributed by atoms with Crippen LogP contribution in [-0.2, 0) is 0 Å². The molecule has 0 aromatic carbocycles. The van der Waals surface area contributed by atoms with E-state index in [1.165, 1.54) is 148 Å². The van der Waals surface area contributed by atoms with Crippen LogP contribution in [0.1, 0.15) is 173 Å². The maximum absolute atomic E-state index is 10.2. The summed E-state index contributed by atoms with van der Waals surface area (Å²) >= 11 is 0. The fourth-order valence-electron chi connectivity index (χ4n) is 6.20. The smallest absolute Gasteiger partial charge is 0.0512 e. The molecule has 210 valence electrons. The maximum atomic E-state index is 10.2. The molecule has 1 atom stereocenters. The number of hydrogen-bond acceptors (Lipinski definition) is 3. The average Bonchev–Trinajstić information content (AvgIpc) is 2.88. The summed E-state index contributed by atoms with van der Waals surface area (Å²) in [4.78, 5) is 0. The lowest BCUT2D eigenvalue weighted by molar-refractivity contribution is -0.0303. The summed E-state index contributed by atoms with van der Waals surface area (Å²) in [6, 6.07) is 0. The van der Waals surface area contributed by atoms with Crippen LogP contribution in [0.15, 0.2) is 0 Å². The minimum absolute atomic E-state index is 0.00523. The molecule has 1 rings (SSSR count). The van der Waals surface area contributed by atoms with Gasteiger partial charge in [-0.25, -0.2) is 0 Å². The molecule has 1 aliphatic carbocycles. The Hall–Kier alpha value is -0.120. The summed E-state index contributed by atoms with van der Waals surface area (Å²) < 4.78 is 0. The number of rotatable bonds is 3. The Labute approximate surface area is 219 Å². The average molecular weight is 497 g/mol. The van der Waals surface area contributed by atoms with Crippen LogP contribution in [0.2, 0.25) is 0 Å².